The molecule has 4 rings (SSSR count). The number of aliphatic imine (C=N–C) groups is 1. The molecule has 4 fully saturated rings. The summed E-state index contributed by atoms with van der Waals surface area (Å²) in [5, 5.41) is 3.66. The van der Waals surface area contributed by atoms with Crippen LogP contribution in [0.1, 0.15) is 39.5 Å². The van der Waals surface area contributed by atoms with E-state index in [0.29, 0.717) is 18.2 Å². The largest absolute Gasteiger partial charge is 0.374 e. The molecule has 4 heterocycles. The molecule has 0 saturated carbocycles. The molecule has 0 aromatic carbocycles. The summed E-state index contributed by atoms with van der Waals surface area (Å²) in [6.45, 7) is 10.5. The number of fused-ring (bicyclic) bond motifs is 5. The molecular weight excluding hydrogens is 300 g/mol. The molecule has 4 saturated heterocycles. The van der Waals surface area contributed by atoms with Crippen LogP contribution in [0.4, 0.5) is 0 Å². The van der Waals surface area contributed by atoms with Crippen molar-refractivity contribution in [1.29, 1.82) is 0 Å². The molecule has 0 aliphatic carbocycles. The summed E-state index contributed by atoms with van der Waals surface area (Å²) in [7, 11) is 1.93. The van der Waals surface area contributed by atoms with E-state index in [2.05, 4.69) is 34.0 Å². The van der Waals surface area contributed by atoms with Gasteiger partial charge in [-0.05, 0) is 45.1 Å². The van der Waals surface area contributed by atoms with E-state index in [1.54, 1.807) is 0 Å². The molecule has 0 spiro atoms. The Labute approximate surface area is 146 Å². The molecular formula is C19H34N4O. The molecule has 5 heteroatoms. The summed E-state index contributed by atoms with van der Waals surface area (Å²) in [5.41, 5.74) is 0. The van der Waals surface area contributed by atoms with E-state index in [-0.39, 0.29) is 0 Å². The molecule has 6 unspecified atom stereocenters. The van der Waals surface area contributed by atoms with Crippen molar-refractivity contribution in [3.8, 4) is 0 Å². The van der Waals surface area contributed by atoms with Crippen LogP contribution in [0.25, 0.3) is 0 Å². The van der Waals surface area contributed by atoms with Gasteiger partial charge in [-0.15, -0.1) is 0 Å². The molecule has 4 aliphatic rings. The Morgan fingerprint density at radius 3 is 2.50 bits per heavy atom. The van der Waals surface area contributed by atoms with Gasteiger partial charge in [0.1, 0.15) is 0 Å². The highest BCUT2D eigenvalue weighted by atomic mass is 16.5. The van der Waals surface area contributed by atoms with Crippen molar-refractivity contribution in [3.63, 3.8) is 0 Å². The predicted molar refractivity (Wildman–Crippen MR) is 97.2 cm³/mol. The maximum absolute atomic E-state index is 6.09. The third kappa shape index (κ3) is 3.05. The number of ether oxygens (including phenoxy) is 1. The number of rotatable bonds is 3. The first kappa shape index (κ1) is 16.6. The van der Waals surface area contributed by atoms with E-state index in [0.717, 1.165) is 43.3 Å². The Bertz CT molecular complexity index is 464. The van der Waals surface area contributed by atoms with E-state index in [1.165, 1.54) is 38.8 Å². The van der Waals surface area contributed by atoms with Crippen molar-refractivity contribution >= 4 is 5.96 Å². The Kier molecular flexibility index (Phi) is 4.74. The molecule has 136 valence electrons. The van der Waals surface area contributed by atoms with Crippen LogP contribution in [0.15, 0.2) is 4.99 Å². The van der Waals surface area contributed by atoms with Crippen molar-refractivity contribution < 1.29 is 4.74 Å². The number of guanidine groups is 1. The fourth-order valence-electron chi connectivity index (χ4n) is 5.46. The molecule has 0 amide bonds. The van der Waals surface area contributed by atoms with Gasteiger partial charge in [0.25, 0.3) is 0 Å². The highest BCUT2D eigenvalue weighted by Gasteiger charge is 2.53. The SMILES string of the molecule is CN=C(NCC(C)N1CCCC(C)C1)N1CC2C3CCC(O3)C2C1. The molecule has 0 radical (unpaired) electrons. The first-order valence-corrected chi connectivity index (χ1v) is 10.0. The number of likely N-dealkylation sites (tertiary alicyclic amines) is 2. The summed E-state index contributed by atoms with van der Waals surface area (Å²) in [6.07, 6.45) is 6.33. The second kappa shape index (κ2) is 6.83. The first-order chi connectivity index (χ1) is 11.7. The molecule has 0 aromatic heterocycles. The Hall–Kier alpha value is -0.810. The van der Waals surface area contributed by atoms with Crippen LogP contribution in [0.2, 0.25) is 0 Å². The minimum atomic E-state index is 0.525. The number of piperidine rings is 1. The molecule has 5 nitrogen and oxygen atoms in total. The molecule has 1 N–H and O–H groups in total. The fourth-order valence-corrected chi connectivity index (χ4v) is 5.46. The Balaban J connectivity index is 1.29. The summed E-state index contributed by atoms with van der Waals surface area (Å²) in [6, 6.07) is 0.575. The van der Waals surface area contributed by atoms with E-state index >= 15 is 0 Å². The minimum absolute atomic E-state index is 0.525. The molecule has 6 atom stereocenters. The quantitative estimate of drug-likeness (QED) is 0.631. The van der Waals surface area contributed by atoms with Crippen molar-refractivity contribution in [2.24, 2.45) is 22.7 Å². The fraction of sp³-hybridized carbons (Fsp3) is 0.947. The van der Waals surface area contributed by atoms with Gasteiger partial charge < -0.3 is 15.0 Å². The maximum Gasteiger partial charge on any atom is 0.193 e. The normalized spacial score (nSPS) is 40.9. The van der Waals surface area contributed by atoms with E-state index < -0.39 is 0 Å². The lowest BCUT2D eigenvalue weighted by molar-refractivity contribution is 0.0766. The Morgan fingerprint density at radius 1 is 1.17 bits per heavy atom. The molecule has 4 aliphatic heterocycles. The van der Waals surface area contributed by atoms with Crippen molar-refractivity contribution in [2.45, 2.75) is 57.8 Å². The van der Waals surface area contributed by atoms with Gasteiger partial charge >= 0.3 is 0 Å². The van der Waals surface area contributed by atoms with E-state index in [1.807, 2.05) is 7.05 Å². The zero-order valence-corrected chi connectivity index (χ0v) is 15.6. The number of nitrogens with zero attached hydrogens (tertiary/aromatic N) is 3. The first-order valence-electron chi connectivity index (χ1n) is 10.0. The summed E-state index contributed by atoms with van der Waals surface area (Å²) in [4.78, 5) is 9.69. The van der Waals surface area contributed by atoms with Gasteiger partial charge in [-0.3, -0.25) is 9.89 Å². The second-order valence-electron chi connectivity index (χ2n) is 8.54. The number of hydrogen-bond acceptors (Lipinski definition) is 3. The lowest BCUT2D eigenvalue weighted by Crippen LogP contribution is -2.49. The van der Waals surface area contributed by atoms with Crippen molar-refractivity contribution in [2.75, 3.05) is 39.8 Å². The van der Waals surface area contributed by atoms with Crippen LogP contribution in [0.5, 0.6) is 0 Å². The summed E-state index contributed by atoms with van der Waals surface area (Å²) < 4.78 is 6.09. The lowest BCUT2D eigenvalue weighted by atomic mass is 9.82. The molecule has 2 bridgehead atoms. The van der Waals surface area contributed by atoms with Crippen LogP contribution in [0, 0.1) is 17.8 Å². The van der Waals surface area contributed by atoms with Gasteiger partial charge in [0, 0.05) is 51.1 Å². The van der Waals surface area contributed by atoms with Crippen LogP contribution >= 0.6 is 0 Å². The Morgan fingerprint density at radius 2 is 1.88 bits per heavy atom. The maximum atomic E-state index is 6.09. The van der Waals surface area contributed by atoms with E-state index in [4.69, 9.17) is 4.74 Å². The standard InChI is InChI=1S/C19H34N4O/c1-13-5-4-8-22(10-13)14(2)9-21-19(20-3)23-11-15-16(12-23)18-7-6-17(15)24-18/h13-18H,4-12H2,1-3H3,(H,20,21). The van der Waals surface area contributed by atoms with Crippen LogP contribution in [0.3, 0.4) is 0 Å². The van der Waals surface area contributed by atoms with Crippen LogP contribution in [-0.2, 0) is 4.74 Å². The zero-order valence-electron chi connectivity index (χ0n) is 15.6. The third-order valence-electron chi connectivity index (χ3n) is 6.83. The van der Waals surface area contributed by atoms with Gasteiger partial charge in [0.2, 0.25) is 0 Å². The third-order valence-corrected chi connectivity index (χ3v) is 6.83. The minimum Gasteiger partial charge on any atom is -0.374 e. The van der Waals surface area contributed by atoms with Crippen LogP contribution in [-0.4, -0.2) is 73.8 Å². The van der Waals surface area contributed by atoms with Gasteiger partial charge in [-0.2, -0.15) is 0 Å². The monoisotopic (exact) mass is 334 g/mol. The van der Waals surface area contributed by atoms with Gasteiger partial charge in [0.05, 0.1) is 12.2 Å². The van der Waals surface area contributed by atoms with Crippen molar-refractivity contribution in [3.05, 3.63) is 0 Å². The summed E-state index contributed by atoms with van der Waals surface area (Å²) >= 11 is 0. The topological polar surface area (TPSA) is 40.1 Å². The average molecular weight is 335 g/mol. The molecule has 24 heavy (non-hydrogen) atoms. The van der Waals surface area contributed by atoms with Gasteiger partial charge in [-0.25, -0.2) is 0 Å². The number of nitrogens with one attached hydrogen (secondary N) is 1. The average Bonchev–Trinajstić information content (AvgIpc) is 3.28. The highest BCUT2D eigenvalue weighted by molar-refractivity contribution is 5.80. The van der Waals surface area contributed by atoms with Crippen molar-refractivity contribution in [1.82, 2.24) is 15.1 Å². The van der Waals surface area contributed by atoms with Gasteiger partial charge in [0.15, 0.2) is 5.96 Å². The number of hydrogen-bond donors (Lipinski definition) is 1. The van der Waals surface area contributed by atoms with E-state index in [9.17, 15) is 0 Å². The predicted octanol–water partition coefficient (Wildman–Crippen LogP) is 1.79. The zero-order chi connectivity index (χ0) is 16.7. The molecule has 0 aromatic rings. The van der Waals surface area contributed by atoms with Crippen LogP contribution < -0.4 is 5.32 Å². The summed E-state index contributed by atoms with van der Waals surface area (Å²) in [5.74, 6) is 3.42. The highest BCUT2D eigenvalue weighted by Crippen LogP contribution is 2.47. The van der Waals surface area contributed by atoms with Gasteiger partial charge in [-0.1, -0.05) is 6.92 Å². The second-order valence-corrected chi connectivity index (χ2v) is 8.54. The smallest absolute Gasteiger partial charge is 0.193 e. The lowest BCUT2D eigenvalue weighted by Gasteiger charge is -2.36.